The molecule has 0 aromatic heterocycles. The van der Waals surface area contributed by atoms with Crippen LogP contribution < -0.4 is 0 Å². The summed E-state index contributed by atoms with van der Waals surface area (Å²) in [5.41, 5.74) is 4.44. The van der Waals surface area contributed by atoms with Crippen LogP contribution >= 0.6 is 0 Å². The van der Waals surface area contributed by atoms with Gasteiger partial charge >= 0.3 is 0 Å². The van der Waals surface area contributed by atoms with Gasteiger partial charge in [-0.25, -0.2) is 4.39 Å². The number of rotatable bonds is 16. The normalized spacial score (nSPS) is 16.5. The van der Waals surface area contributed by atoms with Gasteiger partial charge in [0.15, 0.2) is 0 Å². The molecular weight excluding hydrogens is 403 g/mol. The molecule has 0 bridgehead atoms. The summed E-state index contributed by atoms with van der Waals surface area (Å²) in [6.45, 7) is 33.5. The molecule has 0 aromatic rings. The Hall–Kier alpha value is -1.89. The number of hydrogen-bond acceptors (Lipinski definition) is 0. The van der Waals surface area contributed by atoms with Gasteiger partial charge < -0.3 is 0 Å². The molecule has 0 saturated carbocycles. The molecule has 0 aliphatic heterocycles. The van der Waals surface area contributed by atoms with Crippen LogP contribution in [0.4, 0.5) is 4.39 Å². The summed E-state index contributed by atoms with van der Waals surface area (Å²) in [7, 11) is 0. The summed E-state index contributed by atoms with van der Waals surface area (Å²) in [5, 5.41) is 0. The van der Waals surface area contributed by atoms with E-state index in [1.807, 2.05) is 19.9 Å². The highest BCUT2D eigenvalue weighted by molar-refractivity contribution is 5.43. The topological polar surface area (TPSA) is 0 Å². The maximum Gasteiger partial charge on any atom is 0.130 e. The minimum absolute atomic E-state index is 0.263. The molecule has 0 spiro atoms. The molecule has 0 aromatic carbocycles. The van der Waals surface area contributed by atoms with Crippen molar-refractivity contribution >= 4 is 0 Å². The molecule has 4 unspecified atom stereocenters. The van der Waals surface area contributed by atoms with Gasteiger partial charge in [-0.15, -0.1) is 0 Å². The second kappa shape index (κ2) is 15.9. The monoisotopic (exact) mass is 454 g/mol. The highest BCUT2D eigenvalue weighted by atomic mass is 19.1. The van der Waals surface area contributed by atoms with Crippen molar-refractivity contribution in [2.75, 3.05) is 0 Å². The first-order valence-electron chi connectivity index (χ1n) is 12.7. The van der Waals surface area contributed by atoms with Crippen molar-refractivity contribution < 1.29 is 4.39 Å². The smallest absolute Gasteiger partial charge is 0.130 e. The lowest BCUT2D eigenvalue weighted by molar-refractivity contribution is 0.344. The van der Waals surface area contributed by atoms with Gasteiger partial charge in [0.2, 0.25) is 0 Å². The molecule has 0 fully saturated rings. The summed E-state index contributed by atoms with van der Waals surface area (Å²) in [6.07, 6.45) is 13.2. The van der Waals surface area contributed by atoms with Gasteiger partial charge in [0.25, 0.3) is 0 Å². The lowest BCUT2D eigenvalue weighted by atomic mass is 9.84. The Labute approximate surface area is 205 Å². The van der Waals surface area contributed by atoms with Crippen LogP contribution in [0.5, 0.6) is 0 Å². The van der Waals surface area contributed by atoms with E-state index in [0.29, 0.717) is 29.2 Å². The second-order valence-electron chi connectivity index (χ2n) is 10.7. The Bertz CT molecular complexity index is 755. The number of halogens is 1. The van der Waals surface area contributed by atoms with Crippen LogP contribution in [0.25, 0.3) is 0 Å². The molecule has 0 amide bonds. The molecule has 0 radical (unpaired) electrons. The molecular formula is C32H51F. The second-order valence-corrected chi connectivity index (χ2v) is 10.7. The molecule has 1 heteroatoms. The van der Waals surface area contributed by atoms with E-state index in [0.717, 1.165) is 54.4 Å². The van der Waals surface area contributed by atoms with E-state index >= 15 is 0 Å². The van der Waals surface area contributed by atoms with Gasteiger partial charge in [0.1, 0.15) is 5.83 Å². The lowest BCUT2D eigenvalue weighted by Crippen LogP contribution is -2.09. The van der Waals surface area contributed by atoms with E-state index < -0.39 is 0 Å². The summed E-state index contributed by atoms with van der Waals surface area (Å²) < 4.78 is 14.8. The molecule has 0 N–H and O–H groups in total. The maximum absolute atomic E-state index is 14.8. The van der Waals surface area contributed by atoms with Crippen molar-refractivity contribution in [1.29, 1.82) is 0 Å². The van der Waals surface area contributed by atoms with Crippen LogP contribution in [-0.4, -0.2) is 0 Å². The first-order chi connectivity index (χ1) is 15.3. The number of hydrogen-bond donors (Lipinski definition) is 0. The third-order valence-electron chi connectivity index (χ3n) is 6.92. The fraction of sp³-hybridized carbons (Fsp3) is 0.562. The summed E-state index contributed by atoms with van der Waals surface area (Å²) in [5.74, 6) is 2.25. The van der Waals surface area contributed by atoms with Crippen molar-refractivity contribution in [3.05, 3.63) is 84.3 Å². The minimum Gasteiger partial charge on any atom is -0.206 e. The van der Waals surface area contributed by atoms with Crippen LogP contribution in [0.3, 0.4) is 0 Å². The van der Waals surface area contributed by atoms with Crippen molar-refractivity contribution in [3.8, 4) is 0 Å². The molecule has 0 saturated heterocycles. The molecule has 0 rings (SSSR count). The van der Waals surface area contributed by atoms with Crippen LogP contribution in [-0.2, 0) is 0 Å². The van der Waals surface area contributed by atoms with E-state index in [1.54, 1.807) is 6.08 Å². The molecule has 0 nitrogen and oxygen atoms in total. The summed E-state index contributed by atoms with van der Waals surface area (Å²) in [6, 6.07) is 0. The van der Waals surface area contributed by atoms with E-state index in [2.05, 4.69) is 80.0 Å². The van der Waals surface area contributed by atoms with Crippen molar-refractivity contribution in [2.45, 2.75) is 87.5 Å². The van der Waals surface area contributed by atoms with Crippen LogP contribution in [0, 0.1) is 29.6 Å². The molecule has 186 valence electrons. The standard InChI is InChI=1S/C32H51F/c1-22(2)13-15-24(5)25(6)17-18-26(7)27(8)19-20-29(10)31(12)32(33)21-30(11)28(9)16-14-23(3)4/h13,15,20-21,23,25-28H,1,5,11-12,14,16-19H2,2-4,6-10H3/b15-13-,29-20+,32-21+. The highest BCUT2D eigenvalue weighted by Gasteiger charge is 2.15. The largest absolute Gasteiger partial charge is 0.206 e. The first-order valence-corrected chi connectivity index (χ1v) is 12.7. The SMILES string of the molecule is C=C(C)/C=C\C(=C)C(C)CCC(C)C(C)C/C=C(\C)C(=C)/C(F)=C\C(=C)C(C)CCC(C)C. The third-order valence-corrected chi connectivity index (χ3v) is 6.92. The minimum atomic E-state index is -0.263. The molecule has 0 aliphatic carbocycles. The predicted octanol–water partition coefficient (Wildman–Crippen LogP) is 10.7. The molecule has 33 heavy (non-hydrogen) atoms. The van der Waals surface area contributed by atoms with Crippen molar-refractivity contribution in [1.82, 2.24) is 0 Å². The quantitative estimate of drug-likeness (QED) is 0.203. The van der Waals surface area contributed by atoms with Crippen LogP contribution in [0.15, 0.2) is 84.3 Å². The third kappa shape index (κ3) is 13.4. The molecule has 0 heterocycles. The highest BCUT2D eigenvalue weighted by Crippen LogP contribution is 2.28. The Morgan fingerprint density at radius 1 is 0.727 bits per heavy atom. The summed E-state index contributed by atoms with van der Waals surface area (Å²) >= 11 is 0. The first kappa shape index (κ1) is 31.1. The number of allylic oxidation sites excluding steroid dienone is 10. The summed E-state index contributed by atoms with van der Waals surface area (Å²) in [4.78, 5) is 0. The van der Waals surface area contributed by atoms with Gasteiger partial charge in [0.05, 0.1) is 0 Å². The van der Waals surface area contributed by atoms with Crippen LogP contribution in [0.2, 0.25) is 0 Å². The molecule has 0 aliphatic rings. The fourth-order valence-electron chi connectivity index (χ4n) is 3.46. The Kier molecular flexibility index (Phi) is 15.0. The zero-order valence-electron chi connectivity index (χ0n) is 22.9. The van der Waals surface area contributed by atoms with E-state index in [4.69, 9.17) is 0 Å². The van der Waals surface area contributed by atoms with Crippen molar-refractivity contribution in [3.63, 3.8) is 0 Å². The van der Waals surface area contributed by atoms with E-state index in [9.17, 15) is 4.39 Å². The van der Waals surface area contributed by atoms with Gasteiger partial charge in [0, 0.05) is 5.57 Å². The zero-order chi connectivity index (χ0) is 25.7. The van der Waals surface area contributed by atoms with E-state index in [-0.39, 0.29) is 11.7 Å². The average molecular weight is 455 g/mol. The predicted molar refractivity (Wildman–Crippen MR) is 149 cm³/mol. The molecule has 4 atom stereocenters. The van der Waals surface area contributed by atoms with Crippen molar-refractivity contribution in [2.24, 2.45) is 29.6 Å². The van der Waals surface area contributed by atoms with Gasteiger partial charge in [-0.1, -0.05) is 104 Å². The average Bonchev–Trinajstić information content (AvgIpc) is 2.75. The van der Waals surface area contributed by atoms with Gasteiger partial charge in [-0.05, 0) is 86.3 Å². The maximum atomic E-state index is 14.8. The fourth-order valence-corrected chi connectivity index (χ4v) is 3.46. The lowest BCUT2D eigenvalue weighted by Gasteiger charge is -2.21. The Balaban J connectivity index is 4.76. The van der Waals surface area contributed by atoms with Crippen LogP contribution in [0.1, 0.15) is 87.5 Å². The zero-order valence-corrected chi connectivity index (χ0v) is 22.9. The van der Waals surface area contributed by atoms with E-state index in [1.165, 1.54) is 0 Å². The van der Waals surface area contributed by atoms with Gasteiger partial charge in [-0.3, -0.25) is 0 Å². The van der Waals surface area contributed by atoms with Gasteiger partial charge in [-0.2, -0.15) is 0 Å². The Morgan fingerprint density at radius 3 is 1.82 bits per heavy atom. The Morgan fingerprint density at radius 2 is 1.27 bits per heavy atom.